The number of carbonyl (C=O) groups excluding carboxylic acids is 1. The fourth-order valence-electron chi connectivity index (χ4n) is 4.17. The molecule has 3 heteroatoms. The van der Waals surface area contributed by atoms with Gasteiger partial charge in [-0.05, 0) is 31.5 Å². The minimum atomic E-state index is -0.368. The van der Waals surface area contributed by atoms with E-state index in [0.717, 1.165) is 31.5 Å². The summed E-state index contributed by atoms with van der Waals surface area (Å²) in [7, 11) is 0. The van der Waals surface area contributed by atoms with Crippen LogP contribution in [0.25, 0.3) is 0 Å². The van der Waals surface area contributed by atoms with Crippen LogP contribution >= 0.6 is 0 Å². The molecule has 108 valence electrons. The molecule has 21 heavy (non-hydrogen) atoms. The SMILES string of the molecule is O=C1OCC[C@]12CN1CCC[C@H]1[C@@H]2C#Cc1ccccc1. The molecule has 0 radical (unpaired) electrons. The van der Waals surface area contributed by atoms with Gasteiger partial charge in [-0.15, -0.1) is 0 Å². The minimum Gasteiger partial charge on any atom is -0.465 e. The number of esters is 1. The molecule has 3 heterocycles. The molecule has 4 rings (SSSR count). The highest BCUT2D eigenvalue weighted by Crippen LogP contribution is 2.49. The van der Waals surface area contributed by atoms with Gasteiger partial charge in [0.05, 0.1) is 17.9 Å². The lowest BCUT2D eigenvalue weighted by atomic mass is 9.74. The van der Waals surface area contributed by atoms with Crippen LogP contribution in [-0.2, 0) is 9.53 Å². The standard InChI is InChI=1S/C18H19NO2/c20-17-18(10-12-21-17)13-19-11-4-7-16(19)15(18)9-8-14-5-2-1-3-6-14/h1-3,5-6,15-16H,4,7,10-13H2/t15-,16-,18+/m0/s1. The Morgan fingerprint density at radius 3 is 2.90 bits per heavy atom. The van der Waals surface area contributed by atoms with Crippen molar-refractivity contribution >= 4 is 5.97 Å². The highest BCUT2D eigenvalue weighted by molar-refractivity contribution is 5.80. The molecule has 3 atom stereocenters. The lowest BCUT2D eigenvalue weighted by Gasteiger charge is -2.24. The van der Waals surface area contributed by atoms with E-state index in [-0.39, 0.29) is 17.3 Å². The van der Waals surface area contributed by atoms with E-state index < -0.39 is 0 Å². The predicted octanol–water partition coefficient (Wildman–Crippen LogP) is 2.07. The first-order valence-electron chi connectivity index (χ1n) is 7.77. The van der Waals surface area contributed by atoms with Crippen molar-refractivity contribution in [1.29, 1.82) is 0 Å². The quantitative estimate of drug-likeness (QED) is 0.538. The minimum absolute atomic E-state index is 0.0238. The Balaban J connectivity index is 1.70. The van der Waals surface area contributed by atoms with E-state index in [0.29, 0.717) is 12.6 Å². The fraction of sp³-hybridized carbons (Fsp3) is 0.500. The van der Waals surface area contributed by atoms with Crippen molar-refractivity contribution in [3.63, 3.8) is 0 Å². The van der Waals surface area contributed by atoms with E-state index in [1.54, 1.807) is 0 Å². The summed E-state index contributed by atoms with van der Waals surface area (Å²) >= 11 is 0. The van der Waals surface area contributed by atoms with Crippen molar-refractivity contribution < 1.29 is 9.53 Å². The second-order valence-corrected chi connectivity index (χ2v) is 6.34. The molecule has 1 aromatic rings. The number of cyclic esters (lactones) is 1. The van der Waals surface area contributed by atoms with Crippen LogP contribution in [-0.4, -0.2) is 36.6 Å². The summed E-state index contributed by atoms with van der Waals surface area (Å²) in [5.74, 6) is 6.82. The molecule has 0 bridgehead atoms. The van der Waals surface area contributed by atoms with E-state index in [4.69, 9.17) is 4.74 Å². The molecule has 3 saturated heterocycles. The number of fused-ring (bicyclic) bond motifs is 1. The van der Waals surface area contributed by atoms with E-state index in [1.165, 1.54) is 6.42 Å². The topological polar surface area (TPSA) is 29.5 Å². The number of ether oxygens (including phenoxy) is 1. The van der Waals surface area contributed by atoms with Crippen molar-refractivity contribution in [3.8, 4) is 11.8 Å². The molecular formula is C18H19NO2. The first-order valence-corrected chi connectivity index (χ1v) is 7.77. The van der Waals surface area contributed by atoms with E-state index in [2.05, 4.69) is 16.7 Å². The van der Waals surface area contributed by atoms with Crippen LogP contribution in [0.4, 0.5) is 0 Å². The third-order valence-electron chi connectivity index (χ3n) is 5.21. The van der Waals surface area contributed by atoms with Gasteiger partial charge in [0.2, 0.25) is 0 Å². The van der Waals surface area contributed by atoms with E-state index >= 15 is 0 Å². The number of hydrogen-bond donors (Lipinski definition) is 0. The van der Waals surface area contributed by atoms with E-state index in [1.807, 2.05) is 30.3 Å². The lowest BCUT2D eigenvalue weighted by molar-refractivity contribution is -0.146. The van der Waals surface area contributed by atoms with Crippen molar-refractivity contribution in [1.82, 2.24) is 4.90 Å². The van der Waals surface area contributed by atoms with Gasteiger partial charge in [-0.1, -0.05) is 30.0 Å². The number of nitrogens with zero attached hydrogens (tertiary/aromatic N) is 1. The average Bonchev–Trinajstić information content (AvgIpc) is 3.16. The molecule has 1 aromatic carbocycles. The molecule has 0 N–H and O–H groups in total. The molecule has 0 saturated carbocycles. The molecule has 3 nitrogen and oxygen atoms in total. The van der Waals surface area contributed by atoms with Gasteiger partial charge < -0.3 is 4.74 Å². The normalized spacial score (nSPS) is 34.6. The molecule has 0 amide bonds. The average molecular weight is 281 g/mol. The van der Waals surface area contributed by atoms with Crippen molar-refractivity contribution in [3.05, 3.63) is 35.9 Å². The Hall–Kier alpha value is -1.79. The summed E-state index contributed by atoms with van der Waals surface area (Å²) < 4.78 is 5.30. The molecular weight excluding hydrogens is 262 g/mol. The van der Waals surface area contributed by atoms with Gasteiger partial charge in [0.25, 0.3) is 0 Å². The van der Waals surface area contributed by atoms with Crippen LogP contribution in [0.5, 0.6) is 0 Å². The van der Waals surface area contributed by atoms with Gasteiger partial charge >= 0.3 is 5.97 Å². The molecule has 0 unspecified atom stereocenters. The van der Waals surface area contributed by atoms with Gasteiger partial charge in [-0.25, -0.2) is 0 Å². The second-order valence-electron chi connectivity index (χ2n) is 6.34. The smallest absolute Gasteiger partial charge is 0.314 e. The monoisotopic (exact) mass is 281 g/mol. The van der Waals surface area contributed by atoms with Crippen molar-refractivity contribution in [2.45, 2.75) is 25.3 Å². The van der Waals surface area contributed by atoms with Gasteiger partial charge in [-0.2, -0.15) is 0 Å². The summed E-state index contributed by atoms with van der Waals surface area (Å²) in [5, 5.41) is 0. The maximum atomic E-state index is 12.3. The first kappa shape index (κ1) is 12.9. The third kappa shape index (κ3) is 1.98. The summed E-state index contributed by atoms with van der Waals surface area (Å²) in [5.41, 5.74) is 0.655. The van der Waals surface area contributed by atoms with Crippen LogP contribution in [0.3, 0.4) is 0 Å². The van der Waals surface area contributed by atoms with Gasteiger partial charge in [-0.3, -0.25) is 9.69 Å². The molecule has 0 aromatic heterocycles. The van der Waals surface area contributed by atoms with Crippen LogP contribution < -0.4 is 0 Å². The van der Waals surface area contributed by atoms with Gasteiger partial charge in [0, 0.05) is 24.6 Å². The summed E-state index contributed by atoms with van der Waals surface area (Å²) in [4.78, 5) is 14.8. The van der Waals surface area contributed by atoms with Crippen LogP contribution in [0.2, 0.25) is 0 Å². The fourth-order valence-corrected chi connectivity index (χ4v) is 4.17. The highest BCUT2D eigenvalue weighted by atomic mass is 16.5. The Labute approximate surface area is 125 Å². The zero-order valence-electron chi connectivity index (χ0n) is 12.0. The zero-order chi connectivity index (χ0) is 14.3. The Kier molecular flexibility index (Phi) is 3.01. The maximum absolute atomic E-state index is 12.3. The van der Waals surface area contributed by atoms with Crippen LogP contribution in [0.1, 0.15) is 24.8 Å². The second kappa shape index (κ2) is 4.89. The van der Waals surface area contributed by atoms with Gasteiger partial charge in [0.1, 0.15) is 0 Å². The van der Waals surface area contributed by atoms with Crippen molar-refractivity contribution in [2.75, 3.05) is 19.7 Å². The first-order chi connectivity index (χ1) is 10.3. The Morgan fingerprint density at radius 1 is 1.29 bits per heavy atom. The lowest BCUT2D eigenvalue weighted by Crippen LogP contribution is -2.36. The van der Waals surface area contributed by atoms with E-state index in [9.17, 15) is 4.79 Å². The maximum Gasteiger partial charge on any atom is 0.314 e. The van der Waals surface area contributed by atoms with Crippen LogP contribution in [0, 0.1) is 23.2 Å². The number of rotatable bonds is 0. The number of hydrogen-bond acceptors (Lipinski definition) is 3. The number of benzene rings is 1. The zero-order valence-corrected chi connectivity index (χ0v) is 12.0. The molecule has 3 aliphatic rings. The molecule has 3 aliphatic heterocycles. The van der Waals surface area contributed by atoms with Crippen LogP contribution in [0.15, 0.2) is 30.3 Å². The Morgan fingerprint density at radius 2 is 2.14 bits per heavy atom. The van der Waals surface area contributed by atoms with Crippen molar-refractivity contribution in [2.24, 2.45) is 11.3 Å². The molecule has 0 aliphatic carbocycles. The molecule has 3 fully saturated rings. The molecule has 1 spiro atoms. The highest BCUT2D eigenvalue weighted by Gasteiger charge is 2.60. The summed E-state index contributed by atoms with van der Waals surface area (Å²) in [6.07, 6.45) is 3.20. The predicted molar refractivity (Wildman–Crippen MR) is 79.4 cm³/mol. The Bertz CT molecular complexity index is 615. The largest absolute Gasteiger partial charge is 0.465 e. The third-order valence-corrected chi connectivity index (χ3v) is 5.21. The number of carbonyl (C=O) groups is 1. The summed E-state index contributed by atoms with van der Waals surface area (Å²) in [6.45, 7) is 2.50. The van der Waals surface area contributed by atoms with Gasteiger partial charge in [0.15, 0.2) is 0 Å². The summed E-state index contributed by atoms with van der Waals surface area (Å²) in [6, 6.07) is 10.5.